The molecule has 0 aromatic heterocycles. The highest BCUT2D eigenvalue weighted by Gasteiger charge is 2.58. The number of aliphatic carboxylic acids is 1. The molecule has 2 aliphatic heterocycles. The normalized spacial score (nSPS) is 22.9. The van der Waals surface area contributed by atoms with E-state index < -0.39 is 22.6 Å². The first-order valence-corrected chi connectivity index (χ1v) is 13.3. The lowest BCUT2D eigenvalue weighted by atomic mass is 10.0. The van der Waals surface area contributed by atoms with Crippen molar-refractivity contribution in [2.24, 2.45) is 0 Å². The van der Waals surface area contributed by atoms with Gasteiger partial charge in [-0.3, -0.25) is 14.4 Å². The molecule has 0 spiro atoms. The quantitative estimate of drug-likeness (QED) is 0.456. The lowest BCUT2D eigenvalue weighted by Crippen LogP contribution is -2.74. The zero-order valence-corrected chi connectivity index (χ0v) is 20.7. The first kappa shape index (κ1) is 24.4. The van der Waals surface area contributed by atoms with Crippen LogP contribution in [0.25, 0.3) is 11.1 Å². The molecule has 2 amide bonds. The van der Waals surface area contributed by atoms with Crippen LogP contribution in [0.2, 0.25) is 0 Å². The van der Waals surface area contributed by atoms with Crippen molar-refractivity contribution in [3.05, 3.63) is 90.2 Å². The van der Waals surface area contributed by atoms with Gasteiger partial charge in [0, 0.05) is 17.2 Å². The smallest absolute Gasteiger partial charge is 0.322 e. The Morgan fingerprint density at radius 1 is 1.06 bits per heavy atom. The van der Waals surface area contributed by atoms with Crippen LogP contribution in [0.4, 0.5) is 4.39 Å². The molecule has 0 aliphatic carbocycles. The Bertz CT molecular complexity index is 1310. The summed E-state index contributed by atoms with van der Waals surface area (Å²) in [7, 11) is 0. The van der Waals surface area contributed by atoms with Crippen LogP contribution < -0.4 is 5.32 Å². The van der Waals surface area contributed by atoms with Gasteiger partial charge in [-0.2, -0.15) is 0 Å². The van der Waals surface area contributed by atoms with Crippen LogP contribution in [-0.4, -0.2) is 56.3 Å². The fourth-order valence-electron chi connectivity index (χ4n) is 4.40. The number of nitrogens with one attached hydrogen (secondary N) is 1. The molecule has 2 heterocycles. The molecule has 0 bridgehead atoms. The lowest BCUT2D eigenvalue weighted by molar-refractivity contribution is -0.152. The van der Waals surface area contributed by atoms with Gasteiger partial charge in [0.2, 0.25) is 11.8 Å². The van der Waals surface area contributed by atoms with Crippen molar-refractivity contribution < 1.29 is 23.9 Å². The van der Waals surface area contributed by atoms with E-state index in [2.05, 4.69) is 5.32 Å². The minimum atomic E-state index is -1.40. The predicted octanol–water partition coefficient (Wildman–Crippen LogP) is 4.05. The minimum absolute atomic E-state index is 0.0611. The van der Waals surface area contributed by atoms with E-state index in [-0.39, 0.29) is 40.8 Å². The Morgan fingerprint density at radius 2 is 1.75 bits per heavy atom. The first-order valence-electron chi connectivity index (χ1n) is 11.4. The highest BCUT2D eigenvalue weighted by atomic mass is 32.2. The maximum Gasteiger partial charge on any atom is 0.322 e. The van der Waals surface area contributed by atoms with Crippen molar-refractivity contribution in [1.29, 1.82) is 0 Å². The van der Waals surface area contributed by atoms with Crippen LogP contribution in [-0.2, 0) is 20.8 Å². The third-order valence-corrected chi connectivity index (χ3v) is 9.41. The molecule has 2 N–H and O–H groups in total. The van der Waals surface area contributed by atoms with Gasteiger partial charge >= 0.3 is 5.97 Å². The van der Waals surface area contributed by atoms with Crippen molar-refractivity contribution >= 4 is 41.3 Å². The molecule has 2 saturated heterocycles. The van der Waals surface area contributed by atoms with Crippen molar-refractivity contribution in [3.63, 3.8) is 0 Å². The van der Waals surface area contributed by atoms with E-state index in [4.69, 9.17) is 0 Å². The Morgan fingerprint density at radius 3 is 2.42 bits per heavy atom. The highest BCUT2D eigenvalue weighted by Crippen LogP contribution is 2.47. The summed E-state index contributed by atoms with van der Waals surface area (Å²) < 4.78 is 13.6. The molecule has 36 heavy (non-hydrogen) atoms. The largest absolute Gasteiger partial charge is 0.480 e. The Kier molecular flexibility index (Phi) is 6.77. The van der Waals surface area contributed by atoms with E-state index in [0.29, 0.717) is 5.56 Å². The van der Waals surface area contributed by atoms with E-state index >= 15 is 4.39 Å². The van der Waals surface area contributed by atoms with Gasteiger partial charge in [0.05, 0.1) is 6.42 Å². The maximum atomic E-state index is 15.0. The second-order valence-electron chi connectivity index (χ2n) is 8.79. The molecule has 9 heteroatoms. The fourth-order valence-corrected chi connectivity index (χ4v) is 7.23. The molecule has 0 saturated carbocycles. The number of thioether (sulfide) groups is 2. The standard InChI is InChI=1S/C27H23FN2O4S2/c28-20-14-19(18-9-5-2-6-10-18)11-12-21(20)36-27(26(33)34)15-30-24(32)23(25(30)35-16-27)29-22(31)13-17-7-3-1-4-8-17/h1-12,14,23,25H,13,15-16H2,(H,29,31)(H,33,34)/t23-,25-,27?/m1/s1. The highest BCUT2D eigenvalue weighted by molar-refractivity contribution is 8.05. The second-order valence-corrected chi connectivity index (χ2v) is 11.3. The Labute approximate surface area is 216 Å². The number of hydrogen-bond donors (Lipinski definition) is 2. The molecule has 3 atom stereocenters. The number of carbonyl (C=O) groups excluding carboxylic acids is 2. The van der Waals surface area contributed by atoms with Crippen molar-refractivity contribution in [2.75, 3.05) is 12.3 Å². The Balaban J connectivity index is 1.27. The van der Waals surface area contributed by atoms with Gasteiger partial charge in [-0.1, -0.05) is 66.7 Å². The summed E-state index contributed by atoms with van der Waals surface area (Å²) in [6.07, 6.45) is 0.162. The van der Waals surface area contributed by atoms with Crippen LogP contribution in [0, 0.1) is 5.82 Å². The number of amides is 2. The van der Waals surface area contributed by atoms with E-state index in [0.717, 1.165) is 22.9 Å². The van der Waals surface area contributed by atoms with Crippen LogP contribution in [0.1, 0.15) is 5.56 Å². The number of benzene rings is 3. The van der Waals surface area contributed by atoms with Crippen molar-refractivity contribution in [2.45, 2.75) is 27.5 Å². The van der Waals surface area contributed by atoms with Crippen molar-refractivity contribution in [1.82, 2.24) is 10.2 Å². The molecule has 0 radical (unpaired) electrons. The van der Waals surface area contributed by atoms with E-state index in [1.165, 1.54) is 22.7 Å². The monoisotopic (exact) mass is 522 g/mol. The van der Waals surface area contributed by atoms with E-state index in [1.54, 1.807) is 12.1 Å². The molecule has 5 rings (SSSR count). The third kappa shape index (κ3) is 4.73. The second kappa shape index (κ2) is 9.99. The van der Waals surface area contributed by atoms with Gasteiger partial charge < -0.3 is 15.3 Å². The number of halogens is 1. The number of β-lactam (4-membered cyclic amide) rings is 1. The number of carbonyl (C=O) groups is 3. The molecule has 3 aromatic rings. The van der Waals surface area contributed by atoms with Crippen LogP contribution in [0.5, 0.6) is 0 Å². The summed E-state index contributed by atoms with van der Waals surface area (Å²) in [6, 6.07) is 22.7. The topological polar surface area (TPSA) is 86.7 Å². The van der Waals surface area contributed by atoms with Crippen LogP contribution >= 0.6 is 23.5 Å². The molecule has 6 nitrogen and oxygen atoms in total. The van der Waals surface area contributed by atoms with Crippen LogP contribution in [0.15, 0.2) is 83.8 Å². The van der Waals surface area contributed by atoms with Gasteiger partial charge in [-0.15, -0.1) is 23.5 Å². The zero-order valence-electron chi connectivity index (χ0n) is 19.1. The van der Waals surface area contributed by atoms with E-state index in [9.17, 15) is 19.5 Å². The molecule has 2 fully saturated rings. The predicted molar refractivity (Wildman–Crippen MR) is 138 cm³/mol. The van der Waals surface area contributed by atoms with Gasteiger partial charge in [-0.05, 0) is 28.8 Å². The SMILES string of the molecule is O=C(Cc1ccccc1)N[C@@H]1C(=O)N2CC(Sc3ccc(-c4ccccc4)cc3F)(C(=O)O)CS[C@H]12. The molecule has 3 aromatic carbocycles. The molecule has 2 aliphatic rings. The summed E-state index contributed by atoms with van der Waals surface area (Å²) in [6.45, 7) is -0.0611. The molecular weight excluding hydrogens is 499 g/mol. The number of nitrogens with zero attached hydrogens (tertiary/aromatic N) is 1. The number of carboxylic acids is 1. The van der Waals surface area contributed by atoms with Gasteiger partial charge in [0.15, 0.2) is 0 Å². The molecule has 184 valence electrons. The lowest BCUT2D eigenvalue weighted by Gasteiger charge is -2.53. The van der Waals surface area contributed by atoms with Crippen molar-refractivity contribution in [3.8, 4) is 11.1 Å². The summed E-state index contributed by atoms with van der Waals surface area (Å²) >= 11 is 2.23. The molecular formula is C27H23FN2O4S2. The van der Waals surface area contributed by atoms with Gasteiger partial charge in [0.25, 0.3) is 0 Å². The summed E-state index contributed by atoms with van der Waals surface area (Å²) in [5.74, 6) is -2.01. The zero-order chi connectivity index (χ0) is 25.3. The fraction of sp³-hybridized carbons (Fsp3) is 0.222. The number of carboxylic acid groups (broad SMARTS) is 1. The maximum absolute atomic E-state index is 15.0. The number of hydrogen-bond acceptors (Lipinski definition) is 5. The van der Waals surface area contributed by atoms with Gasteiger partial charge in [-0.25, -0.2) is 4.39 Å². The average Bonchev–Trinajstić information content (AvgIpc) is 2.89. The van der Waals surface area contributed by atoms with Crippen LogP contribution in [0.3, 0.4) is 0 Å². The third-order valence-electron chi connectivity index (χ3n) is 6.31. The number of rotatable bonds is 7. The minimum Gasteiger partial charge on any atom is -0.480 e. The van der Waals surface area contributed by atoms with E-state index in [1.807, 2.05) is 60.7 Å². The number of fused-ring (bicyclic) bond motifs is 1. The average molecular weight is 523 g/mol. The molecule has 1 unspecified atom stereocenters. The van der Waals surface area contributed by atoms with Gasteiger partial charge in [0.1, 0.15) is 22.0 Å². The summed E-state index contributed by atoms with van der Waals surface area (Å²) in [5.41, 5.74) is 2.41. The summed E-state index contributed by atoms with van der Waals surface area (Å²) in [4.78, 5) is 39.3. The first-order chi connectivity index (χ1) is 17.4. The Hall–Kier alpha value is -3.30. The summed E-state index contributed by atoms with van der Waals surface area (Å²) in [5, 5.41) is 12.5.